The average Bonchev–Trinajstić information content (AvgIpc) is 2.82. The van der Waals surface area contributed by atoms with Crippen LogP contribution in [-0.4, -0.2) is 67.7 Å². The maximum absolute atomic E-state index is 12.1. The molecule has 7 nitrogen and oxygen atoms in total. The van der Waals surface area contributed by atoms with E-state index in [1.165, 1.54) is 5.56 Å². The van der Waals surface area contributed by atoms with Gasteiger partial charge in [0.2, 0.25) is 0 Å². The zero-order valence-corrected chi connectivity index (χ0v) is 22.4. The second-order valence-corrected chi connectivity index (χ2v) is 8.57. The number of nitrogens with zero attached hydrogens (tertiary/aromatic N) is 2. The summed E-state index contributed by atoms with van der Waals surface area (Å²) in [6, 6.07) is 14.5. The number of carbonyl (C=O) groups excluding carboxylic acids is 2. The van der Waals surface area contributed by atoms with E-state index in [4.69, 9.17) is 16.3 Å². The first-order valence-corrected chi connectivity index (χ1v) is 11.9. The van der Waals surface area contributed by atoms with E-state index in [0.717, 1.165) is 57.1 Å². The number of unbranched alkanes of at least 4 members (excludes halogenated alkanes) is 1. The van der Waals surface area contributed by atoms with Crippen molar-refractivity contribution in [2.75, 3.05) is 51.2 Å². The number of amides is 2. The minimum absolute atomic E-state index is 0. The van der Waals surface area contributed by atoms with Crippen molar-refractivity contribution in [1.82, 2.24) is 15.1 Å². The van der Waals surface area contributed by atoms with E-state index in [2.05, 4.69) is 32.6 Å². The molecule has 0 saturated carbocycles. The number of piperazine rings is 1. The van der Waals surface area contributed by atoms with Crippen molar-refractivity contribution in [2.24, 2.45) is 0 Å². The number of halogens is 3. The fraction of sp³-hybridized carbons (Fsp3) is 0.440. The van der Waals surface area contributed by atoms with E-state index >= 15 is 0 Å². The Balaban J connectivity index is 0.00000306. The Bertz CT molecular complexity index is 890. The number of benzene rings is 2. The van der Waals surface area contributed by atoms with Gasteiger partial charge in [-0.25, -0.2) is 9.59 Å². The molecule has 35 heavy (non-hydrogen) atoms. The highest BCUT2D eigenvalue weighted by molar-refractivity contribution is 6.30. The number of nitrogens with one attached hydrogen (secondary N) is 2. The predicted molar refractivity (Wildman–Crippen MR) is 146 cm³/mol. The summed E-state index contributed by atoms with van der Waals surface area (Å²) >= 11 is 5.96. The standard InChI is InChI=1S/C25H33ClN4O3.2ClH/c1-2-33-24(31)21-7-11-23(12-8-21)28-25(32)27-13-3-4-14-29-15-17-30(18-16-29)19-20-5-9-22(26)10-6-20;;/h5-12H,2-4,13-19H2,1H3,(H2,27,28,32);2*1H. The summed E-state index contributed by atoms with van der Waals surface area (Å²) in [5.41, 5.74) is 2.40. The maximum atomic E-state index is 12.1. The van der Waals surface area contributed by atoms with Gasteiger partial charge in [-0.15, -0.1) is 24.8 Å². The SMILES string of the molecule is CCOC(=O)c1ccc(NC(=O)NCCCCN2CCN(Cc3ccc(Cl)cc3)CC2)cc1.Cl.Cl. The molecule has 1 heterocycles. The van der Waals surface area contributed by atoms with Gasteiger partial charge in [0.25, 0.3) is 0 Å². The Morgan fingerprint density at radius 3 is 2.17 bits per heavy atom. The van der Waals surface area contributed by atoms with E-state index < -0.39 is 0 Å². The van der Waals surface area contributed by atoms with E-state index in [1.54, 1.807) is 31.2 Å². The van der Waals surface area contributed by atoms with Crippen LogP contribution in [0, 0.1) is 0 Å². The molecule has 0 aliphatic carbocycles. The fourth-order valence-electron chi connectivity index (χ4n) is 3.76. The summed E-state index contributed by atoms with van der Waals surface area (Å²) in [6.45, 7) is 9.03. The van der Waals surface area contributed by atoms with Crippen LogP contribution < -0.4 is 10.6 Å². The van der Waals surface area contributed by atoms with E-state index in [0.29, 0.717) is 24.4 Å². The van der Waals surface area contributed by atoms with Gasteiger partial charge < -0.3 is 20.3 Å². The number of anilines is 1. The Labute approximate surface area is 225 Å². The monoisotopic (exact) mass is 544 g/mol. The highest BCUT2D eigenvalue weighted by Gasteiger charge is 2.16. The lowest BCUT2D eigenvalue weighted by molar-refractivity contribution is 0.0526. The molecule has 1 aliphatic rings. The first kappa shape index (κ1) is 31.0. The van der Waals surface area contributed by atoms with Crippen LogP contribution in [0.2, 0.25) is 5.02 Å². The second-order valence-electron chi connectivity index (χ2n) is 8.13. The van der Waals surface area contributed by atoms with Crippen molar-refractivity contribution < 1.29 is 14.3 Å². The highest BCUT2D eigenvalue weighted by Crippen LogP contribution is 2.13. The second kappa shape index (κ2) is 16.6. The maximum Gasteiger partial charge on any atom is 0.338 e. The predicted octanol–water partition coefficient (Wildman–Crippen LogP) is 5.08. The van der Waals surface area contributed by atoms with Crippen molar-refractivity contribution in [3.8, 4) is 0 Å². The van der Waals surface area contributed by atoms with Crippen molar-refractivity contribution >= 4 is 54.1 Å². The first-order valence-electron chi connectivity index (χ1n) is 11.5. The third-order valence-corrected chi connectivity index (χ3v) is 5.88. The van der Waals surface area contributed by atoms with Crippen molar-refractivity contribution in [3.63, 3.8) is 0 Å². The lowest BCUT2D eigenvalue weighted by Gasteiger charge is -2.34. The Kier molecular flexibility index (Phi) is 14.7. The molecule has 2 aromatic rings. The van der Waals surface area contributed by atoms with Crippen LogP contribution in [0.3, 0.4) is 0 Å². The van der Waals surface area contributed by atoms with E-state index in [-0.39, 0.29) is 36.8 Å². The Morgan fingerprint density at radius 2 is 1.54 bits per heavy atom. The average molecular weight is 546 g/mol. The minimum Gasteiger partial charge on any atom is -0.462 e. The summed E-state index contributed by atoms with van der Waals surface area (Å²) in [4.78, 5) is 28.7. The lowest BCUT2D eigenvalue weighted by Crippen LogP contribution is -2.46. The zero-order chi connectivity index (χ0) is 23.5. The highest BCUT2D eigenvalue weighted by atomic mass is 35.5. The van der Waals surface area contributed by atoms with Crippen LogP contribution in [-0.2, 0) is 11.3 Å². The van der Waals surface area contributed by atoms with Gasteiger partial charge in [0.1, 0.15) is 0 Å². The molecule has 0 radical (unpaired) electrons. The van der Waals surface area contributed by atoms with Crippen LogP contribution in [0.4, 0.5) is 10.5 Å². The van der Waals surface area contributed by atoms with Gasteiger partial charge >= 0.3 is 12.0 Å². The molecular weight excluding hydrogens is 511 g/mol. The lowest BCUT2D eigenvalue weighted by atomic mass is 10.2. The number of esters is 1. The van der Waals surface area contributed by atoms with Crippen LogP contribution in [0.5, 0.6) is 0 Å². The minimum atomic E-state index is -0.364. The van der Waals surface area contributed by atoms with Gasteiger partial charge in [-0.1, -0.05) is 23.7 Å². The number of hydrogen-bond donors (Lipinski definition) is 2. The van der Waals surface area contributed by atoms with Gasteiger partial charge in [-0.3, -0.25) is 4.90 Å². The summed E-state index contributed by atoms with van der Waals surface area (Å²) < 4.78 is 4.95. The van der Waals surface area contributed by atoms with Crippen LogP contribution >= 0.6 is 36.4 Å². The third-order valence-electron chi connectivity index (χ3n) is 5.62. The molecule has 0 bridgehead atoms. The molecule has 10 heteroatoms. The molecule has 194 valence electrons. The Hall–Kier alpha value is -2.03. The van der Waals surface area contributed by atoms with Crippen molar-refractivity contribution in [3.05, 3.63) is 64.7 Å². The number of urea groups is 1. The molecule has 2 aromatic carbocycles. The smallest absolute Gasteiger partial charge is 0.338 e. The zero-order valence-electron chi connectivity index (χ0n) is 20.0. The summed E-state index contributed by atoms with van der Waals surface area (Å²) in [7, 11) is 0. The number of hydrogen-bond acceptors (Lipinski definition) is 5. The Morgan fingerprint density at radius 1 is 0.914 bits per heavy atom. The van der Waals surface area contributed by atoms with Gasteiger partial charge in [0.15, 0.2) is 0 Å². The number of ether oxygens (including phenoxy) is 1. The van der Waals surface area contributed by atoms with Gasteiger partial charge in [0, 0.05) is 50.0 Å². The topological polar surface area (TPSA) is 73.9 Å². The molecule has 2 N–H and O–H groups in total. The molecular formula is C25H35Cl3N4O3. The number of rotatable bonds is 10. The molecule has 2 amide bonds. The molecule has 1 saturated heterocycles. The van der Waals surface area contributed by atoms with Gasteiger partial charge in [-0.05, 0) is 68.3 Å². The molecule has 0 unspecified atom stereocenters. The van der Waals surface area contributed by atoms with Gasteiger partial charge in [-0.2, -0.15) is 0 Å². The quantitative estimate of drug-likeness (QED) is 0.322. The molecule has 3 rings (SSSR count). The van der Waals surface area contributed by atoms with E-state index in [9.17, 15) is 9.59 Å². The van der Waals surface area contributed by atoms with Crippen LogP contribution in [0.15, 0.2) is 48.5 Å². The fourth-order valence-corrected chi connectivity index (χ4v) is 3.89. The summed E-state index contributed by atoms with van der Waals surface area (Å²) in [5.74, 6) is -0.364. The van der Waals surface area contributed by atoms with E-state index in [1.807, 2.05) is 12.1 Å². The summed E-state index contributed by atoms with van der Waals surface area (Å²) in [6.07, 6.45) is 1.98. The first-order chi connectivity index (χ1) is 16.0. The molecule has 1 fully saturated rings. The summed E-state index contributed by atoms with van der Waals surface area (Å²) in [5, 5.41) is 6.45. The van der Waals surface area contributed by atoms with Crippen molar-refractivity contribution in [1.29, 1.82) is 0 Å². The molecule has 1 aliphatic heterocycles. The molecule has 0 aromatic heterocycles. The molecule has 0 spiro atoms. The number of carbonyl (C=O) groups is 2. The largest absolute Gasteiger partial charge is 0.462 e. The third kappa shape index (κ3) is 11.1. The van der Waals surface area contributed by atoms with Gasteiger partial charge in [0.05, 0.1) is 12.2 Å². The normalized spacial score (nSPS) is 13.8. The van der Waals surface area contributed by atoms with Crippen LogP contribution in [0.25, 0.3) is 0 Å². The molecule has 0 atom stereocenters. The van der Waals surface area contributed by atoms with Crippen LogP contribution in [0.1, 0.15) is 35.7 Å². The van der Waals surface area contributed by atoms with Crippen molar-refractivity contribution in [2.45, 2.75) is 26.3 Å².